The van der Waals surface area contributed by atoms with E-state index in [0.29, 0.717) is 31.9 Å². The van der Waals surface area contributed by atoms with Crippen LogP contribution in [0.1, 0.15) is 25.7 Å². The van der Waals surface area contributed by atoms with Crippen LogP contribution in [0.2, 0.25) is 0 Å². The summed E-state index contributed by atoms with van der Waals surface area (Å²) < 4.78 is 32.1. The van der Waals surface area contributed by atoms with E-state index in [9.17, 15) is 13.2 Å². The van der Waals surface area contributed by atoms with Gasteiger partial charge in [-0.05, 0) is 43.5 Å². The van der Waals surface area contributed by atoms with Crippen LogP contribution in [-0.2, 0) is 14.8 Å². The van der Waals surface area contributed by atoms with Gasteiger partial charge in [-0.3, -0.25) is 4.79 Å². The Balaban J connectivity index is 0.00000261. The molecule has 1 aliphatic carbocycles. The molecule has 3 rings (SSSR count). The molecule has 2 atom stereocenters. The van der Waals surface area contributed by atoms with Crippen LogP contribution in [0.15, 0.2) is 29.2 Å². The molecule has 0 spiro atoms. The van der Waals surface area contributed by atoms with Gasteiger partial charge in [-0.2, -0.15) is 4.31 Å². The third-order valence-corrected chi connectivity index (χ3v) is 7.22. The van der Waals surface area contributed by atoms with Crippen LogP contribution in [0.3, 0.4) is 0 Å². The normalized spacial score (nSPS) is 24.1. The van der Waals surface area contributed by atoms with Gasteiger partial charge < -0.3 is 15.4 Å². The van der Waals surface area contributed by atoms with Gasteiger partial charge in [-0.15, -0.1) is 12.4 Å². The predicted molar refractivity (Wildman–Crippen MR) is 106 cm³/mol. The minimum Gasteiger partial charge on any atom is -0.497 e. The van der Waals surface area contributed by atoms with Gasteiger partial charge in [0.15, 0.2) is 0 Å². The summed E-state index contributed by atoms with van der Waals surface area (Å²) in [5.41, 5.74) is 5.99. The first-order valence-electron chi connectivity index (χ1n) is 9.10. The van der Waals surface area contributed by atoms with E-state index >= 15 is 0 Å². The zero-order chi connectivity index (χ0) is 18.7. The van der Waals surface area contributed by atoms with Gasteiger partial charge >= 0.3 is 0 Å². The summed E-state index contributed by atoms with van der Waals surface area (Å²) in [5.74, 6) is 0.732. The van der Waals surface area contributed by atoms with E-state index in [0.717, 1.165) is 25.7 Å². The molecule has 0 aromatic heterocycles. The second kappa shape index (κ2) is 9.23. The monoisotopic (exact) mass is 417 g/mol. The molecule has 0 bridgehead atoms. The SMILES string of the molecule is COc1ccc(S(=O)(=O)N2CCN(C(=O)C3CCCC(N)C3)CC2)cc1.Cl. The van der Waals surface area contributed by atoms with Crippen molar-refractivity contribution in [2.45, 2.75) is 36.6 Å². The van der Waals surface area contributed by atoms with E-state index in [2.05, 4.69) is 0 Å². The van der Waals surface area contributed by atoms with Gasteiger partial charge in [0, 0.05) is 38.1 Å². The Morgan fingerprint density at radius 3 is 2.30 bits per heavy atom. The Morgan fingerprint density at radius 1 is 1.11 bits per heavy atom. The number of carbonyl (C=O) groups excluding carboxylic acids is 1. The van der Waals surface area contributed by atoms with E-state index in [1.807, 2.05) is 0 Å². The minimum absolute atomic E-state index is 0. The van der Waals surface area contributed by atoms with E-state index in [4.69, 9.17) is 10.5 Å². The van der Waals surface area contributed by atoms with Gasteiger partial charge in [-0.1, -0.05) is 6.42 Å². The molecule has 7 nitrogen and oxygen atoms in total. The molecular formula is C18H28ClN3O4S. The Bertz CT molecular complexity index is 733. The number of rotatable bonds is 4. The molecule has 2 aliphatic rings. The Hall–Kier alpha value is -1.35. The highest BCUT2D eigenvalue weighted by Crippen LogP contribution is 2.26. The molecule has 0 radical (unpaired) electrons. The lowest BCUT2D eigenvalue weighted by Gasteiger charge is -2.37. The quantitative estimate of drug-likeness (QED) is 0.800. The number of sulfonamides is 1. The first kappa shape index (κ1) is 21.9. The van der Waals surface area contributed by atoms with E-state index in [1.54, 1.807) is 36.3 Å². The number of piperazine rings is 1. The second-order valence-corrected chi connectivity index (χ2v) is 8.97. The van der Waals surface area contributed by atoms with Crippen molar-refractivity contribution < 1.29 is 17.9 Å². The highest BCUT2D eigenvalue weighted by molar-refractivity contribution is 7.89. The average Bonchev–Trinajstić information content (AvgIpc) is 2.67. The van der Waals surface area contributed by atoms with Crippen molar-refractivity contribution in [1.82, 2.24) is 9.21 Å². The van der Waals surface area contributed by atoms with Crippen LogP contribution in [-0.4, -0.2) is 62.9 Å². The number of ether oxygens (including phenoxy) is 1. The maximum atomic E-state index is 12.8. The molecule has 2 N–H and O–H groups in total. The number of methoxy groups -OCH3 is 1. The summed E-state index contributed by atoms with van der Waals surface area (Å²) in [6.45, 7) is 1.50. The molecule has 1 heterocycles. The Kier molecular flexibility index (Phi) is 7.50. The van der Waals surface area contributed by atoms with Crippen molar-refractivity contribution in [1.29, 1.82) is 0 Å². The maximum absolute atomic E-state index is 12.8. The number of hydrogen-bond acceptors (Lipinski definition) is 5. The van der Waals surface area contributed by atoms with Crippen molar-refractivity contribution >= 4 is 28.3 Å². The van der Waals surface area contributed by atoms with Crippen LogP contribution in [0.4, 0.5) is 0 Å². The van der Waals surface area contributed by atoms with Crippen LogP contribution in [0.5, 0.6) is 5.75 Å². The fraction of sp³-hybridized carbons (Fsp3) is 0.611. The predicted octanol–water partition coefficient (Wildman–Crippen LogP) is 1.47. The summed E-state index contributed by atoms with van der Waals surface area (Å²) in [4.78, 5) is 14.7. The number of benzene rings is 1. The van der Waals surface area contributed by atoms with E-state index < -0.39 is 10.0 Å². The highest BCUT2D eigenvalue weighted by Gasteiger charge is 2.34. The van der Waals surface area contributed by atoms with E-state index in [1.165, 1.54) is 4.31 Å². The van der Waals surface area contributed by atoms with Crippen LogP contribution < -0.4 is 10.5 Å². The summed E-state index contributed by atoms with van der Waals surface area (Å²) in [5, 5.41) is 0. The zero-order valence-corrected chi connectivity index (χ0v) is 17.2. The summed E-state index contributed by atoms with van der Waals surface area (Å²) in [7, 11) is -2.01. The van der Waals surface area contributed by atoms with Gasteiger partial charge in [0.05, 0.1) is 12.0 Å². The largest absolute Gasteiger partial charge is 0.497 e. The third kappa shape index (κ3) is 4.93. The van der Waals surface area contributed by atoms with Crippen LogP contribution in [0.25, 0.3) is 0 Å². The molecule has 1 aliphatic heterocycles. The summed E-state index contributed by atoms with van der Waals surface area (Å²) >= 11 is 0. The highest BCUT2D eigenvalue weighted by atomic mass is 35.5. The smallest absolute Gasteiger partial charge is 0.243 e. The molecule has 1 aromatic rings. The Labute approximate surface area is 167 Å². The number of amides is 1. The van der Waals surface area contributed by atoms with Crippen molar-refractivity contribution in [2.75, 3.05) is 33.3 Å². The van der Waals surface area contributed by atoms with Crippen LogP contribution in [0, 0.1) is 5.92 Å². The topological polar surface area (TPSA) is 92.9 Å². The Morgan fingerprint density at radius 2 is 1.74 bits per heavy atom. The molecular weight excluding hydrogens is 390 g/mol. The van der Waals surface area contributed by atoms with Gasteiger partial charge in [0.25, 0.3) is 0 Å². The lowest BCUT2D eigenvalue weighted by Crippen LogP contribution is -2.52. The van der Waals surface area contributed by atoms with Gasteiger partial charge in [0.1, 0.15) is 5.75 Å². The molecule has 1 saturated carbocycles. The molecule has 1 amide bonds. The molecule has 1 saturated heterocycles. The summed E-state index contributed by atoms with van der Waals surface area (Å²) in [6, 6.07) is 6.48. The van der Waals surface area contributed by atoms with E-state index in [-0.39, 0.29) is 35.2 Å². The third-order valence-electron chi connectivity index (χ3n) is 5.31. The molecule has 152 valence electrons. The lowest BCUT2D eigenvalue weighted by molar-refractivity contribution is -0.137. The first-order valence-corrected chi connectivity index (χ1v) is 10.5. The minimum atomic E-state index is -3.55. The summed E-state index contributed by atoms with van der Waals surface area (Å²) in [6.07, 6.45) is 3.60. The number of hydrogen-bond donors (Lipinski definition) is 1. The molecule has 2 unspecified atom stereocenters. The van der Waals surface area contributed by atoms with Crippen molar-refractivity contribution in [3.05, 3.63) is 24.3 Å². The van der Waals surface area contributed by atoms with Gasteiger partial charge in [-0.25, -0.2) is 8.42 Å². The van der Waals surface area contributed by atoms with Gasteiger partial charge in [0.2, 0.25) is 15.9 Å². The lowest BCUT2D eigenvalue weighted by atomic mass is 9.85. The first-order chi connectivity index (χ1) is 12.4. The molecule has 9 heteroatoms. The number of halogens is 1. The standard InChI is InChI=1S/C18H27N3O4S.ClH/c1-25-16-5-7-17(8-6-16)26(23,24)21-11-9-20(10-12-21)18(22)14-3-2-4-15(19)13-14;/h5-8,14-15H,2-4,9-13,19H2,1H3;1H. The maximum Gasteiger partial charge on any atom is 0.243 e. The number of carbonyl (C=O) groups is 1. The average molecular weight is 418 g/mol. The number of nitrogens with two attached hydrogens (primary N) is 1. The number of nitrogens with zero attached hydrogens (tertiary/aromatic N) is 2. The fourth-order valence-corrected chi connectivity index (χ4v) is 5.18. The van der Waals surface area contributed by atoms with Crippen LogP contribution >= 0.6 is 12.4 Å². The molecule has 1 aromatic carbocycles. The van der Waals surface area contributed by atoms with Crippen molar-refractivity contribution in [3.63, 3.8) is 0 Å². The van der Waals surface area contributed by atoms with Crippen molar-refractivity contribution in [3.8, 4) is 5.75 Å². The molecule has 27 heavy (non-hydrogen) atoms. The zero-order valence-electron chi connectivity index (χ0n) is 15.5. The fourth-order valence-electron chi connectivity index (χ4n) is 3.76. The van der Waals surface area contributed by atoms with Crippen molar-refractivity contribution in [2.24, 2.45) is 11.7 Å². The molecule has 2 fully saturated rings. The second-order valence-electron chi connectivity index (χ2n) is 7.03.